The Morgan fingerprint density at radius 3 is 2.37 bits per heavy atom. The highest BCUT2D eigenvalue weighted by Crippen LogP contribution is 2.44. The first-order chi connectivity index (χ1) is 19.7. The first-order valence-electron chi connectivity index (χ1n) is 12.5. The molecule has 0 saturated carbocycles. The second kappa shape index (κ2) is 10.9. The molecule has 1 amide bonds. The number of phenols is 1. The number of aryl methyl sites for hydroxylation is 1. The summed E-state index contributed by atoms with van der Waals surface area (Å²) in [6.45, 7) is 2.07. The fourth-order valence-electron chi connectivity index (χ4n) is 4.72. The number of ether oxygens (including phenoxy) is 1. The number of benzene rings is 4. The van der Waals surface area contributed by atoms with Gasteiger partial charge in [0.2, 0.25) is 0 Å². The summed E-state index contributed by atoms with van der Waals surface area (Å²) in [4.78, 5) is 38.4. The minimum atomic E-state index is -1.31. The van der Waals surface area contributed by atoms with E-state index in [0.29, 0.717) is 17.9 Å². The van der Waals surface area contributed by atoms with E-state index >= 15 is 0 Å². The van der Waals surface area contributed by atoms with Crippen molar-refractivity contribution in [1.82, 2.24) is 0 Å². The fourth-order valence-corrected chi connectivity index (χ4v) is 4.72. The van der Waals surface area contributed by atoms with Gasteiger partial charge in [0.1, 0.15) is 23.9 Å². The average Bonchev–Trinajstić information content (AvgIpc) is 3.23. The van der Waals surface area contributed by atoms with Gasteiger partial charge in [0, 0.05) is 17.3 Å². The number of hydrogen-bond donors (Lipinski definition) is 2. The number of ketones is 1. The first-order valence-corrected chi connectivity index (χ1v) is 12.5. The first kappa shape index (κ1) is 27.1. The van der Waals surface area contributed by atoms with Gasteiger partial charge in [0.15, 0.2) is 5.75 Å². The molecule has 0 bridgehead atoms. The normalized spacial score (nSPS) is 16.1. The molecule has 0 aromatic heterocycles. The number of amides is 1. The number of aliphatic hydroxyl groups excluding tert-OH is 1. The molecule has 5 rings (SSSR count). The fraction of sp³-hybridized carbons (Fsp3) is 0.0968. The SMILES string of the molecule is Cc1cc(/C(O)=C2/C(=O)C(=O)N(c3ccc(F)cc3)C2c2ccc(O)c([N+](=O)[O-])c2)ccc1OCc1ccccc1. The molecule has 4 aromatic rings. The van der Waals surface area contributed by atoms with Gasteiger partial charge in [0.05, 0.1) is 16.5 Å². The zero-order chi connectivity index (χ0) is 29.3. The van der Waals surface area contributed by atoms with Crippen LogP contribution in [-0.4, -0.2) is 26.8 Å². The van der Waals surface area contributed by atoms with Crippen LogP contribution in [-0.2, 0) is 16.2 Å². The number of nitro groups is 1. The third-order valence-corrected chi connectivity index (χ3v) is 6.75. The van der Waals surface area contributed by atoms with Gasteiger partial charge in [0.25, 0.3) is 11.7 Å². The molecule has 1 aliphatic rings. The minimum Gasteiger partial charge on any atom is -0.507 e. The second-order valence-corrected chi connectivity index (χ2v) is 9.41. The van der Waals surface area contributed by atoms with Crippen molar-refractivity contribution in [3.8, 4) is 11.5 Å². The lowest BCUT2D eigenvalue weighted by Gasteiger charge is -2.25. The number of halogens is 1. The molecule has 1 heterocycles. The molecule has 0 radical (unpaired) electrons. The molecule has 4 aromatic carbocycles. The Labute approximate surface area is 233 Å². The van der Waals surface area contributed by atoms with Crippen LogP contribution in [0.5, 0.6) is 11.5 Å². The Bertz CT molecular complexity index is 1700. The molecule has 0 spiro atoms. The molecule has 1 aliphatic heterocycles. The van der Waals surface area contributed by atoms with Gasteiger partial charge in [-0.25, -0.2) is 4.39 Å². The summed E-state index contributed by atoms with van der Waals surface area (Å²) in [6.07, 6.45) is 0. The molecule has 1 saturated heterocycles. The van der Waals surface area contributed by atoms with E-state index in [9.17, 15) is 34.3 Å². The summed E-state index contributed by atoms with van der Waals surface area (Å²) in [5.74, 6) is -3.20. The van der Waals surface area contributed by atoms with Gasteiger partial charge in [-0.2, -0.15) is 0 Å². The van der Waals surface area contributed by atoms with E-state index in [1.807, 2.05) is 30.3 Å². The number of aliphatic hydroxyl groups is 1. The maximum atomic E-state index is 13.7. The summed E-state index contributed by atoms with van der Waals surface area (Å²) < 4.78 is 19.6. The summed E-state index contributed by atoms with van der Waals surface area (Å²) >= 11 is 0. The van der Waals surface area contributed by atoms with E-state index in [1.165, 1.54) is 24.3 Å². The number of carbonyl (C=O) groups excluding carboxylic acids is 2. The molecular weight excluding hydrogens is 531 g/mol. The van der Waals surface area contributed by atoms with E-state index in [1.54, 1.807) is 19.1 Å². The predicted octanol–water partition coefficient (Wildman–Crippen LogP) is 5.95. The van der Waals surface area contributed by atoms with Crippen molar-refractivity contribution in [3.05, 3.63) is 135 Å². The zero-order valence-corrected chi connectivity index (χ0v) is 21.7. The predicted molar refractivity (Wildman–Crippen MR) is 148 cm³/mol. The highest BCUT2D eigenvalue weighted by atomic mass is 19.1. The van der Waals surface area contributed by atoms with Gasteiger partial charge < -0.3 is 14.9 Å². The van der Waals surface area contributed by atoms with Crippen molar-refractivity contribution in [2.24, 2.45) is 0 Å². The maximum absolute atomic E-state index is 13.7. The highest BCUT2D eigenvalue weighted by Gasteiger charge is 2.47. The van der Waals surface area contributed by atoms with Crippen LogP contribution in [0.1, 0.15) is 28.3 Å². The average molecular weight is 555 g/mol. The monoisotopic (exact) mass is 554 g/mol. The topological polar surface area (TPSA) is 130 Å². The summed E-state index contributed by atoms with van der Waals surface area (Å²) in [5, 5.41) is 32.9. The van der Waals surface area contributed by atoms with Crippen LogP contribution in [0.25, 0.3) is 5.76 Å². The molecule has 2 N–H and O–H groups in total. The van der Waals surface area contributed by atoms with Crippen LogP contribution >= 0.6 is 0 Å². The molecular formula is C31H23FN2O7. The van der Waals surface area contributed by atoms with E-state index in [-0.39, 0.29) is 22.4 Å². The van der Waals surface area contributed by atoms with Gasteiger partial charge in [-0.1, -0.05) is 36.4 Å². The number of phenolic OH excluding ortho intramolecular Hbond substituents is 1. The Morgan fingerprint density at radius 2 is 1.71 bits per heavy atom. The molecule has 1 fully saturated rings. The number of anilines is 1. The maximum Gasteiger partial charge on any atom is 0.311 e. The van der Waals surface area contributed by atoms with Crippen molar-refractivity contribution in [3.63, 3.8) is 0 Å². The second-order valence-electron chi connectivity index (χ2n) is 9.41. The van der Waals surface area contributed by atoms with Crippen LogP contribution in [0.3, 0.4) is 0 Å². The van der Waals surface area contributed by atoms with Crippen molar-refractivity contribution in [2.45, 2.75) is 19.6 Å². The Balaban J connectivity index is 1.60. The molecule has 206 valence electrons. The Kier molecular flexibility index (Phi) is 7.22. The van der Waals surface area contributed by atoms with Crippen LogP contribution in [0.4, 0.5) is 15.8 Å². The Hall–Kier alpha value is -5.51. The number of nitro benzene ring substituents is 1. The lowest BCUT2D eigenvalue weighted by Crippen LogP contribution is -2.29. The molecule has 1 atom stereocenters. The van der Waals surface area contributed by atoms with Crippen molar-refractivity contribution >= 4 is 28.8 Å². The van der Waals surface area contributed by atoms with Crippen LogP contribution in [0.2, 0.25) is 0 Å². The highest BCUT2D eigenvalue weighted by molar-refractivity contribution is 6.51. The molecule has 9 nitrogen and oxygen atoms in total. The molecule has 41 heavy (non-hydrogen) atoms. The largest absolute Gasteiger partial charge is 0.507 e. The van der Waals surface area contributed by atoms with E-state index in [4.69, 9.17) is 4.74 Å². The van der Waals surface area contributed by atoms with E-state index in [0.717, 1.165) is 34.7 Å². The molecule has 0 aliphatic carbocycles. The van der Waals surface area contributed by atoms with E-state index in [2.05, 4.69) is 0 Å². The summed E-state index contributed by atoms with van der Waals surface area (Å²) in [6, 6.07) is 21.2. The number of Topliss-reactive ketones (excluding diaryl/α,β-unsaturated/α-hetero) is 1. The van der Waals surface area contributed by atoms with Crippen LogP contribution < -0.4 is 9.64 Å². The van der Waals surface area contributed by atoms with Gasteiger partial charge in [-0.3, -0.25) is 24.6 Å². The number of rotatable bonds is 7. The van der Waals surface area contributed by atoms with Gasteiger partial charge in [-0.05, 0) is 72.1 Å². The lowest BCUT2D eigenvalue weighted by molar-refractivity contribution is -0.385. The number of hydrogen-bond acceptors (Lipinski definition) is 7. The zero-order valence-electron chi connectivity index (χ0n) is 21.7. The number of carbonyl (C=O) groups is 2. The third-order valence-electron chi connectivity index (χ3n) is 6.75. The van der Waals surface area contributed by atoms with Crippen molar-refractivity contribution < 1.29 is 33.9 Å². The summed E-state index contributed by atoms with van der Waals surface area (Å²) in [7, 11) is 0. The van der Waals surface area contributed by atoms with Crippen LogP contribution in [0, 0.1) is 22.9 Å². The van der Waals surface area contributed by atoms with Gasteiger partial charge >= 0.3 is 5.69 Å². The molecule has 1 unspecified atom stereocenters. The quantitative estimate of drug-likeness (QED) is 0.0949. The number of nitrogens with zero attached hydrogens (tertiary/aromatic N) is 2. The molecule has 10 heteroatoms. The van der Waals surface area contributed by atoms with E-state index < -0.39 is 45.7 Å². The van der Waals surface area contributed by atoms with Gasteiger partial charge in [-0.15, -0.1) is 0 Å². The van der Waals surface area contributed by atoms with Crippen molar-refractivity contribution in [2.75, 3.05) is 4.90 Å². The smallest absolute Gasteiger partial charge is 0.311 e. The standard InChI is InChI=1S/C31H23FN2O7/c1-18-15-21(8-14-26(18)41-17-19-5-3-2-4-6-19)29(36)27-28(20-7-13-25(35)24(16-20)34(39)40)33(31(38)30(27)37)23-11-9-22(32)10-12-23/h2-16,28,35-36H,17H2,1H3/b29-27-. The summed E-state index contributed by atoms with van der Waals surface area (Å²) in [5.41, 5.74) is 1.06. The van der Waals surface area contributed by atoms with Crippen LogP contribution in [0.15, 0.2) is 96.6 Å². The number of aromatic hydroxyl groups is 1. The minimum absolute atomic E-state index is 0.0825. The Morgan fingerprint density at radius 1 is 1.00 bits per heavy atom. The lowest BCUT2D eigenvalue weighted by atomic mass is 9.94. The third kappa shape index (κ3) is 5.22. The van der Waals surface area contributed by atoms with Crippen molar-refractivity contribution in [1.29, 1.82) is 0 Å².